The Morgan fingerprint density at radius 1 is 1.11 bits per heavy atom. The number of carboxylic acid groups (broad SMARTS) is 1. The summed E-state index contributed by atoms with van der Waals surface area (Å²) in [7, 11) is 0. The highest BCUT2D eigenvalue weighted by atomic mass is 19.1. The fourth-order valence-corrected chi connectivity index (χ4v) is 1.73. The van der Waals surface area contributed by atoms with Crippen molar-refractivity contribution < 1.29 is 18.7 Å². The number of halogens is 2. The fraction of sp³-hybridized carbons (Fsp3) is 0. The molecule has 1 N–H and O–H groups in total. The van der Waals surface area contributed by atoms with Gasteiger partial charge < -0.3 is 5.11 Å². The number of aliphatic carboxylic acids is 1. The van der Waals surface area contributed by atoms with Gasteiger partial charge in [0.1, 0.15) is 11.6 Å². The summed E-state index contributed by atoms with van der Waals surface area (Å²) in [5.74, 6) is -2.14. The van der Waals surface area contributed by atoms with Crippen molar-refractivity contribution in [3.8, 4) is 11.1 Å². The SMILES string of the molecule is O=C(O)/C=C/c1cc(F)cc(-c2ccccc2F)c1. The highest BCUT2D eigenvalue weighted by molar-refractivity contribution is 5.85. The lowest BCUT2D eigenvalue weighted by molar-refractivity contribution is -0.131. The third kappa shape index (κ3) is 3.25. The number of hydrogen-bond donors (Lipinski definition) is 1. The summed E-state index contributed by atoms with van der Waals surface area (Å²) in [5, 5.41) is 8.53. The average molecular weight is 260 g/mol. The van der Waals surface area contributed by atoms with Crippen LogP contribution in [0.25, 0.3) is 17.2 Å². The Balaban J connectivity index is 2.48. The molecule has 4 heteroatoms. The molecule has 0 bridgehead atoms. The number of carboxylic acids is 1. The van der Waals surface area contributed by atoms with Crippen LogP contribution in [-0.2, 0) is 4.79 Å². The molecule has 0 atom stereocenters. The van der Waals surface area contributed by atoms with Gasteiger partial charge in [0.05, 0.1) is 0 Å². The smallest absolute Gasteiger partial charge is 0.328 e. The summed E-state index contributed by atoms with van der Waals surface area (Å²) in [6.07, 6.45) is 2.16. The van der Waals surface area contributed by atoms with Gasteiger partial charge in [-0.25, -0.2) is 13.6 Å². The Morgan fingerprint density at radius 2 is 1.84 bits per heavy atom. The van der Waals surface area contributed by atoms with Crippen LogP contribution in [0.4, 0.5) is 8.78 Å². The van der Waals surface area contributed by atoms with Crippen LogP contribution in [-0.4, -0.2) is 11.1 Å². The molecule has 0 amide bonds. The molecule has 0 saturated heterocycles. The summed E-state index contributed by atoms with van der Waals surface area (Å²) in [4.78, 5) is 10.4. The predicted molar refractivity (Wildman–Crippen MR) is 68.5 cm³/mol. The number of benzene rings is 2. The third-order valence-corrected chi connectivity index (χ3v) is 2.52. The molecule has 19 heavy (non-hydrogen) atoms. The van der Waals surface area contributed by atoms with Gasteiger partial charge in [-0.3, -0.25) is 0 Å². The van der Waals surface area contributed by atoms with Gasteiger partial charge in [-0.2, -0.15) is 0 Å². The molecular weight excluding hydrogens is 250 g/mol. The van der Waals surface area contributed by atoms with E-state index in [2.05, 4.69) is 0 Å². The van der Waals surface area contributed by atoms with E-state index in [1.165, 1.54) is 36.4 Å². The van der Waals surface area contributed by atoms with E-state index < -0.39 is 17.6 Å². The maximum Gasteiger partial charge on any atom is 0.328 e. The highest BCUT2D eigenvalue weighted by Gasteiger charge is 2.06. The number of hydrogen-bond acceptors (Lipinski definition) is 1. The lowest BCUT2D eigenvalue weighted by Gasteiger charge is -2.05. The van der Waals surface area contributed by atoms with Crippen molar-refractivity contribution >= 4 is 12.0 Å². The van der Waals surface area contributed by atoms with Gasteiger partial charge in [-0.05, 0) is 41.5 Å². The molecule has 0 fully saturated rings. The molecule has 2 aromatic carbocycles. The molecule has 0 unspecified atom stereocenters. The zero-order valence-corrected chi connectivity index (χ0v) is 9.81. The van der Waals surface area contributed by atoms with E-state index in [1.807, 2.05) is 0 Å². The molecule has 0 saturated carbocycles. The second-order valence-corrected chi connectivity index (χ2v) is 3.92. The highest BCUT2D eigenvalue weighted by Crippen LogP contribution is 2.25. The molecule has 2 rings (SSSR count). The van der Waals surface area contributed by atoms with Crippen LogP contribution in [0.1, 0.15) is 5.56 Å². The van der Waals surface area contributed by atoms with Crippen LogP contribution in [0.2, 0.25) is 0 Å². The third-order valence-electron chi connectivity index (χ3n) is 2.52. The minimum atomic E-state index is -1.13. The van der Waals surface area contributed by atoms with E-state index in [0.29, 0.717) is 11.1 Å². The van der Waals surface area contributed by atoms with Crippen molar-refractivity contribution in [3.63, 3.8) is 0 Å². The first-order valence-electron chi connectivity index (χ1n) is 5.53. The zero-order valence-electron chi connectivity index (χ0n) is 9.81. The second kappa shape index (κ2) is 5.44. The van der Waals surface area contributed by atoms with Gasteiger partial charge in [0, 0.05) is 11.6 Å². The summed E-state index contributed by atoms with van der Waals surface area (Å²) >= 11 is 0. The Labute approximate surface area is 108 Å². The van der Waals surface area contributed by atoms with Gasteiger partial charge in [0.2, 0.25) is 0 Å². The van der Waals surface area contributed by atoms with Gasteiger partial charge in [-0.15, -0.1) is 0 Å². The average Bonchev–Trinajstić information content (AvgIpc) is 2.36. The molecule has 0 aliphatic heterocycles. The summed E-state index contributed by atoms with van der Waals surface area (Å²) < 4.78 is 27.1. The molecule has 0 aromatic heterocycles. The van der Waals surface area contributed by atoms with Crippen molar-refractivity contribution in [1.82, 2.24) is 0 Å². The number of rotatable bonds is 3. The van der Waals surface area contributed by atoms with Gasteiger partial charge in [0.25, 0.3) is 0 Å². The molecule has 0 radical (unpaired) electrons. The van der Waals surface area contributed by atoms with Crippen LogP contribution in [0, 0.1) is 11.6 Å². The van der Waals surface area contributed by atoms with Crippen LogP contribution >= 0.6 is 0 Å². The first-order valence-corrected chi connectivity index (χ1v) is 5.53. The second-order valence-electron chi connectivity index (χ2n) is 3.92. The molecule has 0 aliphatic carbocycles. The van der Waals surface area contributed by atoms with Crippen molar-refractivity contribution in [3.05, 3.63) is 65.7 Å². The largest absolute Gasteiger partial charge is 0.478 e. The Hall–Kier alpha value is -2.49. The first-order chi connectivity index (χ1) is 9.06. The summed E-state index contributed by atoms with van der Waals surface area (Å²) in [6.45, 7) is 0. The molecule has 0 heterocycles. The molecule has 96 valence electrons. The van der Waals surface area contributed by atoms with Crippen molar-refractivity contribution in [2.75, 3.05) is 0 Å². The van der Waals surface area contributed by atoms with E-state index in [-0.39, 0.29) is 5.56 Å². The van der Waals surface area contributed by atoms with Gasteiger partial charge in [0.15, 0.2) is 0 Å². The Bertz CT molecular complexity index is 648. The van der Waals surface area contributed by atoms with Crippen molar-refractivity contribution in [1.29, 1.82) is 0 Å². The fourth-order valence-electron chi connectivity index (χ4n) is 1.73. The molecule has 0 aliphatic rings. The van der Waals surface area contributed by atoms with Crippen LogP contribution in [0.5, 0.6) is 0 Å². The van der Waals surface area contributed by atoms with Gasteiger partial charge in [-0.1, -0.05) is 18.2 Å². The topological polar surface area (TPSA) is 37.3 Å². The van der Waals surface area contributed by atoms with Crippen LogP contribution in [0.15, 0.2) is 48.5 Å². The minimum Gasteiger partial charge on any atom is -0.478 e. The lowest BCUT2D eigenvalue weighted by atomic mass is 10.0. The Morgan fingerprint density at radius 3 is 2.53 bits per heavy atom. The van der Waals surface area contributed by atoms with E-state index in [9.17, 15) is 13.6 Å². The molecule has 2 nitrogen and oxygen atoms in total. The van der Waals surface area contributed by atoms with E-state index in [0.717, 1.165) is 6.08 Å². The zero-order chi connectivity index (χ0) is 13.8. The molecule has 2 aromatic rings. The van der Waals surface area contributed by atoms with E-state index in [1.54, 1.807) is 12.1 Å². The number of carbonyl (C=O) groups is 1. The van der Waals surface area contributed by atoms with Crippen LogP contribution in [0.3, 0.4) is 0 Å². The van der Waals surface area contributed by atoms with Crippen molar-refractivity contribution in [2.45, 2.75) is 0 Å². The quantitative estimate of drug-likeness (QED) is 0.854. The molecule has 0 spiro atoms. The first kappa shape index (κ1) is 13.0. The van der Waals surface area contributed by atoms with Gasteiger partial charge >= 0.3 is 5.97 Å². The minimum absolute atomic E-state index is 0.270. The predicted octanol–water partition coefficient (Wildman–Crippen LogP) is 3.73. The van der Waals surface area contributed by atoms with Crippen LogP contribution < -0.4 is 0 Å². The monoisotopic (exact) mass is 260 g/mol. The maximum atomic E-state index is 13.6. The summed E-state index contributed by atoms with van der Waals surface area (Å²) in [5.41, 5.74) is 0.996. The van der Waals surface area contributed by atoms with E-state index >= 15 is 0 Å². The van der Waals surface area contributed by atoms with E-state index in [4.69, 9.17) is 5.11 Å². The summed E-state index contributed by atoms with van der Waals surface area (Å²) in [6, 6.07) is 9.93. The maximum absolute atomic E-state index is 13.6. The Kier molecular flexibility index (Phi) is 3.71. The standard InChI is InChI=1S/C15H10F2O2/c16-12-8-10(5-6-15(18)19)7-11(9-12)13-3-1-2-4-14(13)17/h1-9H,(H,18,19)/b6-5+. The lowest BCUT2D eigenvalue weighted by Crippen LogP contribution is -1.89. The van der Waals surface area contributed by atoms with Crippen molar-refractivity contribution in [2.24, 2.45) is 0 Å². The molecular formula is C15H10F2O2. The normalized spacial score (nSPS) is 10.8.